The van der Waals surface area contributed by atoms with Gasteiger partial charge in [0.15, 0.2) is 0 Å². The van der Waals surface area contributed by atoms with Gasteiger partial charge < -0.3 is 0 Å². The first-order valence-corrected chi connectivity index (χ1v) is 2.71. The summed E-state index contributed by atoms with van der Waals surface area (Å²) in [5.74, 6) is 0. The number of hydrogen-bond acceptors (Lipinski definition) is 2. The van der Waals surface area contributed by atoms with Crippen molar-refractivity contribution in [2.45, 2.75) is 0 Å². The molecule has 10 heavy (non-hydrogen) atoms. The van der Waals surface area contributed by atoms with Gasteiger partial charge in [-0.25, -0.2) is 0 Å². The van der Waals surface area contributed by atoms with Crippen molar-refractivity contribution in [3.63, 3.8) is 0 Å². The second-order valence-electron chi connectivity index (χ2n) is 1.80. The van der Waals surface area contributed by atoms with Gasteiger partial charge in [-0.05, 0) is 12.1 Å². The van der Waals surface area contributed by atoms with E-state index < -0.39 is 0 Å². The average molecular weight is 200 g/mol. The third kappa shape index (κ3) is 1.02. The first kappa shape index (κ1) is 7.21. The van der Waals surface area contributed by atoms with E-state index in [1.807, 2.05) is 12.1 Å². The number of H-pyrrole nitrogens is 1. The maximum atomic E-state index is 4.05. The van der Waals surface area contributed by atoms with Gasteiger partial charge in [0.05, 0.1) is 11.4 Å². The molecular formula is C6H6BrN3. The van der Waals surface area contributed by atoms with Gasteiger partial charge in [0.25, 0.3) is 0 Å². The Hall–Kier alpha value is -0.900. The summed E-state index contributed by atoms with van der Waals surface area (Å²) in [5, 5.41) is 6.64. The molecule has 3 nitrogen and oxygen atoms in total. The van der Waals surface area contributed by atoms with Crippen molar-refractivity contribution >= 4 is 17.0 Å². The molecule has 2 heterocycles. The predicted molar refractivity (Wildman–Crippen MR) is 43.3 cm³/mol. The molecule has 0 saturated carbocycles. The third-order valence-corrected chi connectivity index (χ3v) is 1.22. The van der Waals surface area contributed by atoms with Crippen molar-refractivity contribution in [1.82, 2.24) is 15.2 Å². The van der Waals surface area contributed by atoms with E-state index in [-0.39, 0.29) is 17.0 Å². The highest BCUT2D eigenvalue weighted by Crippen LogP contribution is 2.12. The number of nitrogens with zero attached hydrogens (tertiary/aromatic N) is 2. The molecule has 0 atom stereocenters. The fourth-order valence-electron chi connectivity index (χ4n) is 0.789. The molecule has 2 aliphatic rings. The summed E-state index contributed by atoms with van der Waals surface area (Å²) in [4.78, 5) is 4.05. The number of hydrogen-bond donors (Lipinski definition) is 1. The van der Waals surface area contributed by atoms with Gasteiger partial charge in [-0.3, -0.25) is 10.1 Å². The largest absolute Gasteiger partial charge is 0.276 e. The lowest BCUT2D eigenvalue weighted by atomic mass is 10.3. The van der Waals surface area contributed by atoms with Crippen LogP contribution in [0.2, 0.25) is 0 Å². The van der Waals surface area contributed by atoms with Gasteiger partial charge in [-0.2, -0.15) is 5.10 Å². The molecule has 2 rings (SSSR count). The first-order chi connectivity index (χ1) is 4.47. The van der Waals surface area contributed by atoms with Gasteiger partial charge in [0.1, 0.15) is 0 Å². The normalized spacial score (nSPS) is 9.20. The summed E-state index contributed by atoms with van der Waals surface area (Å²) >= 11 is 0. The Morgan fingerprint density at radius 3 is 2.90 bits per heavy atom. The maximum Gasteiger partial charge on any atom is 0.0896 e. The molecule has 0 aromatic rings. The monoisotopic (exact) mass is 199 g/mol. The Kier molecular flexibility index (Phi) is 2.01. The molecule has 1 N–H and O–H groups in total. The number of rotatable bonds is 0. The quantitative estimate of drug-likeness (QED) is 0.699. The zero-order chi connectivity index (χ0) is 6.10. The first-order valence-electron chi connectivity index (χ1n) is 2.71. The van der Waals surface area contributed by atoms with Crippen LogP contribution in [0.1, 0.15) is 0 Å². The molecule has 0 aromatic heterocycles. The number of aromatic nitrogens is 3. The van der Waals surface area contributed by atoms with E-state index in [1.54, 1.807) is 12.4 Å². The van der Waals surface area contributed by atoms with Gasteiger partial charge in [-0.15, -0.1) is 17.0 Å². The third-order valence-electron chi connectivity index (χ3n) is 1.22. The lowest BCUT2D eigenvalue weighted by Crippen LogP contribution is -1.83. The van der Waals surface area contributed by atoms with Crippen LogP contribution in [0.25, 0.3) is 11.4 Å². The zero-order valence-corrected chi connectivity index (χ0v) is 6.83. The van der Waals surface area contributed by atoms with Crippen molar-refractivity contribution in [3.8, 4) is 11.4 Å². The number of halogens is 1. The van der Waals surface area contributed by atoms with Crippen molar-refractivity contribution < 1.29 is 0 Å². The highest BCUT2D eigenvalue weighted by atomic mass is 79.9. The molecule has 0 bridgehead atoms. The van der Waals surface area contributed by atoms with Crippen LogP contribution in [0.3, 0.4) is 0 Å². The van der Waals surface area contributed by atoms with E-state index in [1.165, 1.54) is 0 Å². The van der Waals surface area contributed by atoms with Gasteiger partial charge in [0, 0.05) is 12.4 Å². The Labute approximate surface area is 68.6 Å². The molecule has 0 aromatic carbocycles. The smallest absolute Gasteiger partial charge is 0.0896 e. The van der Waals surface area contributed by atoms with Crippen LogP contribution >= 0.6 is 17.0 Å². The number of fused-ring (bicyclic) bond motifs is 1. The molecule has 0 spiro atoms. The molecular weight excluding hydrogens is 194 g/mol. The highest BCUT2D eigenvalue weighted by molar-refractivity contribution is 8.93. The standard InChI is InChI=1S/C6H5N3.BrH/c1-3-7-5-2-4-8-9-6(1)5;/h1-4,9H;1H. The summed E-state index contributed by atoms with van der Waals surface area (Å²) < 4.78 is 0. The van der Waals surface area contributed by atoms with Crippen molar-refractivity contribution in [1.29, 1.82) is 0 Å². The van der Waals surface area contributed by atoms with Gasteiger partial charge in [0.2, 0.25) is 0 Å². The average Bonchev–Trinajstić information content (AvgIpc) is 2.33. The van der Waals surface area contributed by atoms with Crippen molar-refractivity contribution in [2.75, 3.05) is 0 Å². The summed E-state index contributed by atoms with van der Waals surface area (Å²) in [6, 6.07) is 3.76. The Morgan fingerprint density at radius 1 is 1.20 bits per heavy atom. The van der Waals surface area contributed by atoms with Crippen molar-refractivity contribution in [3.05, 3.63) is 24.5 Å². The zero-order valence-electron chi connectivity index (χ0n) is 5.11. The molecule has 4 heteroatoms. The Bertz CT molecular complexity index is 253. The van der Waals surface area contributed by atoms with Crippen LogP contribution < -0.4 is 0 Å². The van der Waals surface area contributed by atoms with Gasteiger partial charge >= 0.3 is 0 Å². The lowest BCUT2D eigenvalue weighted by Gasteiger charge is -1.90. The van der Waals surface area contributed by atoms with E-state index in [9.17, 15) is 0 Å². The summed E-state index contributed by atoms with van der Waals surface area (Å²) in [6.07, 6.45) is 3.44. The molecule has 52 valence electrons. The Balaban J connectivity index is 0.000000500. The minimum atomic E-state index is 0. The van der Waals surface area contributed by atoms with E-state index >= 15 is 0 Å². The molecule has 0 aliphatic carbocycles. The van der Waals surface area contributed by atoms with Crippen LogP contribution in [0, 0.1) is 0 Å². The molecule has 0 unspecified atom stereocenters. The number of nitrogens with one attached hydrogen (secondary N) is 1. The summed E-state index contributed by atoms with van der Waals surface area (Å²) in [6.45, 7) is 0. The topological polar surface area (TPSA) is 41.6 Å². The molecule has 0 fully saturated rings. The minimum Gasteiger partial charge on any atom is -0.276 e. The lowest BCUT2D eigenvalue weighted by molar-refractivity contribution is 1.03. The van der Waals surface area contributed by atoms with Crippen LogP contribution in [-0.2, 0) is 0 Å². The summed E-state index contributed by atoms with van der Waals surface area (Å²) in [7, 11) is 0. The maximum absolute atomic E-state index is 4.05. The van der Waals surface area contributed by atoms with Gasteiger partial charge in [-0.1, -0.05) is 0 Å². The van der Waals surface area contributed by atoms with Crippen LogP contribution in [-0.4, -0.2) is 15.2 Å². The molecule has 0 radical (unpaired) electrons. The summed E-state index contributed by atoms with van der Waals surface area (Å²) in [5.41, 5.74) is 1.95. The van der Waals surface area contributed by atoms with E-state index in [2.05, 4.69) is 15.2 Å². The fourth-order valence-corrected chi connectivity index (χ4v) is 0.789. The van der Waals surface area contributed by atoms with Crippen molar-refractivity contribution in [2.24, 2.45) is 0 Å². The van der Waals surface area contributed by atoms with E-state index in [0.29, 0.717) is 0 Å². The van der Waals surface area contributed by atoms with Crippen LogP contribution in [0.15, 0.2) is 24.5 Å². The highest BCUT2D eigenvalue weighted by Gasteiger charge is 1.98. The van der Waals surface area contributed by atoms with E-state index in [0.717, 1.165) is 11.4 Å². The second kappa shape index (κ2) is 2.79. The second-order valence-corrected chi connectivity index (χ2v) is 1.80. The SMILES string of the molecule is Br.c1cc2nccc-2[nH]n1. The van der Waals surface area contributed by atoms with Crippen LogP contribution in [0.5, 0.6) is 0 Å². The van der Waals surface area contributed by atoms with Crippen LogP contribution in [0.4, 0.5) is 0 Å². The molecule has 2 aliphatic heterocycles. The predicted octanol–water partition coefficient (Wildman–Crippen LogP) is 1.49. The fraction of sp³-hybridized carbons (Fsp3) is 0. The minimum absolute atomic E-state index is 0. The number of aromatic amines is 1. The molecule has 0 amide bonds. The molecule has 0 saturated heterocycles. The Morgan fingerprint density at radius 2 is 2.10 bits per heavy atom. The van der Waals surface area contributed by atoms with E-state index in [4.69, 9.17) is 0 Å².